The van der Waals surface area contributed by atoms with E-state index in [2.05, 4.69) is 15.6 Å². The molecule has 3 heterocycles. The standard InChI is InChI=1S/C18H20FN5O4S/c1-23-10-15-8-17(11-24(15)29(23,26)27)28-16-6-12(19)5-14(7-16)22-18(25)21-13-3-2-4-20-9-13/h2-7,9,15,17H,8,10-11H2,1H3,(H2,21,22,25)/t15-,17?/m0/s1. The molecule has 11 heteroatoms. The zero-order chi connectivity index (χ0) is 20.6. The highest BCUT2D eigenvalue weighted by molar-refractivity contribution is 7.87. The van der Waals surface area contributed by atoms with Crippen LogP contribution in [0.1, 0.15) is 6.42 Å². The first-order chi connectivity index (χ1) is 13.8. The molecule has 2 N–H and O–H groups in total. The van der Waals surface area contributed by atoms with Crippen molar-refractivity contribution in [2.24, 2.45) is 0 Å². The van der Waals surface area contributed by atoms with Crippen molar-refractivity contribution < 1.29 is 22.3 Å². The zero-order valence-corrected chi connectivity index (χ0v) is 16.4. The molecule has 1 aromatic heterocycles. The summed E-state index contributed by atoms with van der Waals surface area (Å²) >= 11 is 0. The van der Waals surface area contributed by atoms with Gasteiger partial charge in [0.15, 0.2) is 0 Å². The van der Waals surface area contributed by atoms with Gasteiger partial charge >= 0.3 is 6.03 Å². The highest BCUT2D eigenvalue weighted by Gasteiger charge is 2.48. The summed E-state index contributed by atoms with van der Waals surface area (Å²) < 4.78 is 47.0. The number of carbonyl (C=O) groups is 1. The number of hydrogen-bond acceptors (Lipinski definition) is 5. The molecule has 0 spiro atoms. The van der Waals surface area contributed by atoms with E-state index in [1.807, 2.05) is 0 Å². The first-order valence-corrected chi connectivity index (χ1v) is 10.4. The van der Waals surface area contributed by atoms with E-state index < -0.39 is 22.1 Å². The Hall–Kier alpha value is -2.76. The molecular formula is C18H20FN5O4S. The van der Waals surface area contributed by atoms with E-state index in [4.69, 9.17) is 4.74 Å². The summed E-state index contributed by atoms with van der Waals surface area (Å²) in [4.78, 5) is 16.0. The highest BCUT2D eigenvalue weighted by Crippen LogP contribution is 2.32. The molecule has 29 heavy (non-hydrogen) atoms. The van der Waals surface area contributed by atoms with E-state index in [1.165, 1.54) is 33.0 Å². The van der Waals surface area contributed by atoms with Gasteiger partial charge in [0.2, 0.25) is 0 Å². The van der Waals surface area contributed by atoms with Crippen molar-refractivity contribution in [1.82, 2.24) is 13.6 Å². The number of nitrogens with one attached hydrogen (secondary N) is 2. The largest absolute Gasteiger partial charge is 0.489 e. The lowest BCUT2D eigenvalue weighted by atomic mass is 10.2. The molecule has 1 unspecified atom stereocenters. The van der Waals surface area contributed by atoms with Crippen LogP contribution in [0.4, 0.5) is 20.6 Å². The number of pyridine rings is 1. The van der Waals surface area contributed by atoms with Crippen LogP contribution < -0.4 is 15.4 Å². The maximum absolute atomic E-state index is 14.0. The molecule has 2 atom stereocenters. The second kappa shape index (κ2) is 7.58. The molecule has 9 nitrogen and oxygen atoms in total. The number of fused-ring (bicyclic) bond motifs is 1. The summed E-state index contributed by atoms with van der Waals surface area (Å²) in [6.07, 6.45) is 3.19. The second-order valence-corrected chi connectivity index (χ2v) is 8.97. The summed E-state index contributed by atoms with van der Waals surface area (Å²) in [5.74, 6) is -0.358. The van der Waals surface area contributed by atoms with Crippen LogP contribution in [-0.2, 0) is 10.2 Å². The van der Waals surface area contributed by atoms with E-state index in [1.54, 1.807) is 25.4 Å². The van der Waals surface area contributed by atoms with Crippen LogP contribution in [0.3, 0.4) is 0 Å². The monoisotopic (exact) mass is 421 g/mol. The zero-order valence-electron chi connectivity index (χ0n) is 15.6. The first-order valence-electron chi connectivity index (χ1n) is 8.99. The fraction of sp³-hybridized carbons (Fsp3) is 0.333. The van der Waals surface area contributed by atoms with Gasteiger partial charge in [0.25, 0.3) is 10.2 Å². The smallest absolute Gasteiger partial charge is 0.323 e. The lowest BCUT2D eigenvalue weighted by Gasteiger charge is -2.18. The van der Waals surface area contributed by atoms with E-state index in [-0.39, 0.29) is 30.1 Å². The van der Waals surface area contributed by atoms with E-state index >= 15 is 0 Å². The number of nitrogens with zero attached hydrogens (tertiary/aromatic N) is 3. The second-order valence-electron chi connectivity index (χ2n) is 6.98. The van der Waals surface area contributed by atoms with E-state index in [0.717, 1.165) is 0 Å². The molecule has 2 aromatic rings. The molecule has 2 aliphatic heterocycles. The summed E-state index contributed by atoms with van der Waals surface area (Å²) in [5, 5.41) is 5.13. The van der Waals surface area contributed by atoms with Crippen LogP contribution in [-0.4, -0.2) is 60.3 Å². The number of rotatable bonds is 4. The molecule has 2 amide bonds. The highest BCUT2D eigenvalue weighted by atomic mass is 32.2. The number of carbonyl (C=O) groups excluding carboxylic acids is 1. The van der Waals surface area contributed by atoms with Gasteiger partial charge in [-0.2, -0.15) is 17.0 Å². The molecule has 0 bridgehead atoms. The molecule has 0 saturated carbocycles. The number of aromatic nitrogens is 1. The lowest BCUT2D eigenvalue weighted by molar-refractivity contribution is 0.211. The van der Waals surface area contributed by atoms with Crippen LogP contribution in [0.2, 0.25) is 0 Å². The van der Waals surface area contributed by atoms with Gasteiger partial charge in [-0.3, -0.25) is 4.98 Å². The topological polar surface area (TPSA) is 104 Å². The molecule has 2 saturated heterocycles. The maximum Gasteiger partial charge on any atom is 0.323 e. The fourth-order valence-electron chi connectivity index (χ4n) is 3.57. The van der Waals surface area contributed by atoms with Crippen molar-refractivity contribution >= 4 is 27.6 Å². The Labute approximate surface area is 167 Å². The van der Waals surface area contributed by atoms with E-state index in [9.17, 15) is 17.6 Å². The third-order valence-corrected chi connectivity index (χ3v) is 6.81. The van der Waals surface area contributed by atoms with Gasteiger partial charge in [-0.1, -0.05) is 0 Å². The average molecular weight is 421 g/mol. The lowest BCUT2D eigenvalue weighted by Crippen LogP contribution is -2.34. The molecule has 2 aliphatic rings. The van der Waals surface area contributed by atoms with Crippen LogP contribution in [0.25, 0.3) is 0 Å². The van der Waals surface area contributed by atoms with Crippen molar-refractivity contribution in [3.8, 4) is 5.75 Å². The van der Waals surface area contributed by atoms with Crippen molar-refractivity contribution in [3.63, 3.8) is 0 Å². The van der Waals surface area contributed by atoms with Gasteiger partial charge in [0.05, 0.1) is 18.4 Å². The number of likely N-dealkylation sites (N-methyl/N-ethyl adjacent to an activating group) is 1. The third kappa shape index (κ3) is 4.16. The molecule has 2 fully saturated rings. The molecule has 0 aliphatic carbocycles. The molecule has 4 rings (SSSR count). The minimum Gasteiger partial charge on any atom is -0.489 e. The summed E-state index contributed by atoms with van der Waals surface area (Å²) in [6, 6.07) is 6.52. The predicted molar refractivity (Wildman–Crippen MR) is 104 cm³/mol. The van der Waals surface area contributed by atoms with E-state index in [0.29, 0.717) is 18.7 Å². The fourth-order valence-corrected chi connectivity index (χ4v) is 5.18. The van der Waals surface area contributed by atoms with Gasteiger partial charge < -0.3 is 15.4 Å². The number of hydrogen-bond donors (Lipinski definition) is 2. The van der Waals surface area contributed by atoms with Crippen LogP contribution in [0.5, 0.6) is 5.75 Å². The first kappa shape index (κ1) is 19.6. The summed E-state index contributed by atoms with van der Waals surface area (Å²) in [7, 11) is -1.90. The van der Waals surface area contributed by atoms with Gasteiger partial charge in [-0.25, -0.2) is 9.18 Å². The number of ether oxygens (including phenoxy) is 1. The number of urea groups is 1. The Bertz CT molecular complexity index is 1020. The molecule has 0 radical (unpaired) electrons. The minimum absolute atomic E-state index is 0.147. The summed E-state index contributed by atoms with van der Waals surface area (Å²) in [5.41, 5.74) is 0.711. The average Bonchev–Trinajstić information content (AvgIpc) is 3.12. The number of benzene rings is 1. The van der Waals surface area contributed by atoms with Crippen LogP contribution >= 0.6 is 0 Å². The summed E-state index contributed by atoms with van der Waals surface area (Å²) in [6.45, 7) is 0.616. The normalized spacial score (nSPS) is 23.5. The number of halogens is 1. The van der Waals surface area contributed by atoms with Gasteiger partial charge in [-0.15, -0.1) is 0 Å². The van der Waals surface area contributed by atoms with Crippen LogP contribution in [0.15, 0.2) is 42.7 Å². The number of anilines is 2. The van der Waals surface area contributed by atoms with Crippen molar-refractivity contribution in [1.29, 1.82) is 0 Å². The Morgan fingerprint density at radius 3 is 2.76 bits per heavy atom. The Balaban J connectivity index is 1.41. The Morgan fingerprint density at radius 2 is 2.03 bits per heavy atom. The third-order valence-electron chi connectivity index (χ3n) is 4.84. The Morgan fingerprint density at radius 1 is 1.24 bits per heavy atom. The van der Waals surface area contributed by atoms with Crippen molar-refractivity contribution in [2.75, 3.05) is 30.8 Å². The maximum atomic E-state index is 14.0. The predicted octanol–water partition coefficient (Wildman–Crippen LogP) is 1.88. The quantitative estimate of drug-likeness (QED) is 0.785. The SMILES string of the molecule is CN1C[C@@H]2CC(Oc3cc(F)cc(NC(=O)Nc4cccnc4)c3)CN2S1(=O)=O. The molecule has 154 valence electrons. The van der Waals surface area contributed by atoms with Gasteiger partial charge in [-0.05, 0) is 18.2 Å². The van der Waals surface area contributed by atoms with Crippen molar-refractivity contribution in [3.05, 3.63) is 48.5 Å². The molecular weight excluding hydrogens is 401 g/mol. The minimum atomic E-state index is -3.45. The van der Waals surface area contributed by atoms with Gasteiger partial charge in [0, 0.05) is 50.1 Å². The molecule has 1 aromatic carbocycles. The number of amides is 2. The van der Waals surface area contributed by atoms with Crippen molar-refractivity contribution in [2.45, 2.75) is 18.6 Å². The van der Waals surface area contributed by atoms with Gasteiger partial charge in [0.1, 0.15) is 17.7 Å². The van der Waals surface area contributed by atoms with Crippen LogP contribution in [0, 0.1) is 5.82 Å². The Kier molecular flexibility index (Phi) is 5.11.